The first-order chi connectivity index (χ1) is 14.1. The van der Waals surface area contributed by atoms with Gasteiger partial charge in [0.25, 0.3) is 5.91 Å². The maximum atomic E-state index is 12.5. The summed E-state index contributed by atoms with van der Waals surface area (Å²) in [6.45, 7) is 0.158. The summed E-state index contributed by atoms with van der Waals surface area (Å²) in [4.78, 5) is 17.7. The Morgan fingerprint density at radius 2 is 2.00 bits per heavy atom. The van der Waals surface area contributed by atoms with E-state index >= 15 is 0 Å². The molecule has 0 atom stereocenters. The van der Waals surface area contributed by atoms with E-state index in [4.69, 9.17) is 11.2 Å². The van der Waals surface area contributed by atoms with Crippen molar-refractivity contribution >= 4 is 61.3 Å². The molecule has 1 aliphatic rings. The molecule has 3 aromatic rings. The fourth-order valence-corrected chi connectivity index (χ4v) is 4.12. The van der Waals surface area contributed by atoms with Gasteiger partial charge in [-0.15, -0.1) is 6.42 Å². The first kappa shape index (κ1) is 19.3. The van der Waals surface area contributed by atoms with Crippen LogP contribution in [0.25, 0.3) is 16.8 Å². The molecular formula is C23H15BrN2O2S. The zero-order chi connectivity index (χ0) is 20.2. The number of rotatable bonds is 4. The Labute approximate surface area is 181 Å². The van der Waals surface area contributed by atoms with Gasteiger partial charge in [0.1, 0.15) is 12.4 Å². The molecule has 0 unspecified atom stereocenters. The molecule has 1 heterocycles. The molecule has 4 rings (SSSR count). The van der Waals surface area contributed by atoms with Crippen LogP contribution in [-0.4, -0.2) is 17.7 Å². The highest BCUT2D eigenvalue weighted by Crippen LogP contribution is 2.33. The number of thioether (sulfide) groups is 1. The first-order valence-corrected chi connectivity index (χ1v) is 10.4. The number of nitrogens with one attached hydrogen (secondary N) is 1. The normalized spacial score (nSPS) is 16.2. The van der Waals surface area contributed by atoms with Crippen LogP contribution in [0.5, 0.6) is 5.75 Å². The van der Waals surface area contributed by atoms with Crippen LogP contribution >= 0.6 is 27.7 Å². The fraction of sp³-hybridized carbons (Fsp3) is 0.0435. The van der Waals surface area contributed by atoms with Gasteiger partial charge in [-0.1, -0.05) is 58.2 Å². The lowest BCUT2D eigenvalue weighted by Crippen LogP contribution is -2.19. The Balaban J connectivity index is 1.66. The van der Waals surface area contributed by atoms with E-state index in [2.05, 4.69) is 32.2 Å². The number of nitrogens with zero attached hydrogens (tertiary/aromatic N) is 1. The first-order valence-electron chi connectivity index (χ1n) is 8.77. The van der Waals surface area contributed by atoms with Crippen molar-refractivity contribution in [3.63, 3.8) is 0 Å². The number of carbonyl (C=O) groups is 1. The molecule has 0 aliphatic carbocycles. The minimum absolute atomic E-state index is 0.158. The summed E-state index contributed by atoms with van der Waals surface area (Å²) < 4.78 is 6.46. The number of hydrogen-bond acceptors (Lipinski definition) is 4. The van der Waals surface area contributed by atoms with Crippen molar-refractivity contribution in [1.29, 1.82) is 0 Å². The summed E-state index contributed by atoms with van der Waals surface area (Å²) >= 11 is 4.75. The predicted octanol–water partition coefficient (Wildman–Crippen LogP) is 5.51. The average molecular weight is 463 g/mol. The number of carbonyl (C=O) groups excluding carboxylic acids is 1. The number of amides is 1. The number of fused-ring (bicyclic) bond motifs is 1. The van der Waals surface area contributed by atoms with Gasteiger partial charge in [-0.3, -0.25) is 4.79 Å². The molecule has 3 aromatic carbocycles. The number of terminal acetylenes is 1. The molecule has 0 aromatic heterocycles. The van der Waals surface area contributed by atoms with Crippen LogP contribution in [0.2, 0.25) is 0 Å². The third-order valence-electron chi connectivity index (χ3n) is 4.21. The van der Waals surface area contributed by atoms with E-state index < -0.39 is 0 Å². The number of benzene rings is 3. The van der Waals surface area contributed by atoms with Crippen LogP contribution < -0.4 is 10.1 Å². The van der Waals surface area contributed by atoms with Gasteiger partial charge < -0.3 is 10.1 Å². The molecule has 142 valence electrons. The van der Waals surface area contributed by atoms with Gasteiger partial charge in [-0.25, -0.2) is 4.99 Å². The Hall–Kier alpha value is -3.01. The molecule has 1 aliphatic heterocycles. The molecule has 1 fully saturated rings. The van der Waals surface area contributed by atoms with Gasteiger partial charge in [-0.2, -0.15) is 0 Å². The third kappa shape index (κ3) is 4.37. The number of ether oxygens (including phenoxy) is 1. The highest BCUT2D eigenvalue weighted by atomic mass is 79.9. The largest absolute Gasteiger partial charge is 0.480 e. The number of hydrogen-bond donors (Lipinski definition) is 1. The Morgan fingerprint density at radius 1 is 1.17 bits per heavy atom. The molecule has 4 nitrogen and oxygen atoms in total. The quantitative estimate of drug-likeness (QED) is 0.410. The highest BCUT2D eigenvalue weighted by Gasteiger charge is 2.24. The summed E-state index contributed by atoms with van der Waals surface area (Å²) in [6, 6.07) is 19.5. The number of amidine groups is 1. The van der Waals surface area contributed by atoms with Crippen LogP contribution in [0.15, 0.2) is 75.0 Å². The minimum atomic E-state index is -0.197. The average Bonchev–Trinajstić information content (AvgIpc) is 3.06. The van der Waals surface area contributed by atoms with Crippen molar-refractivity contribution in [3.05, 3.63) is 75.6 Å². The van der Waals surface area contributed by atoms with Crippen LogP contribution in [0.4, 0.5) is 5.69 Å². The predicted molar refractivity (Wildman–Crippen MR) is 123 cm³/mol. The van der Waals surface area contributed by atoms with Crippen LogP contribution in [0.1, 0.15) is 5.56 Å². The second kappa shape index (κ2) is 8.56. The Bertz CT molecular complexity index is 1210. The summed E-state index contributed by atoms with van der Waals surface area (Å²) in [5.74, 6) is 2.87. The maximum absolute atomic E-state index is 12.5. The van der Waals surface area contributed by atoms with E-state index in [0.29, 0.717) is 15.8 Å². The van der Waals surface area contributed by atoms with E-state index in [0.717, 1.165) is 26.5 Å². The Kier molecular flexibility index (Phi) is 5.70. The standard InChI is InChI=1S/C23H15BrN2O2S/c1-2-12-28-20-11-10-17(24)13-16(20)14-21-22(27)26-23(29-21)25-19-9-5-7-15-6-3-4-8-18(15)19/h1,3-11,13-14H,12H2,(H,25,26,27)/b21-14-. The molecule has 0 saturated carbocycles. The van der Waals surface area contributed by atoms with E-state index in [1.807, 2.05) is 60.7 Å². The zero-order valence-electron chi connectivity index (χ0n) is 15.2. The second-order valence-corrected chi connectivity index (χ2v) is 8.10. The summed E-state index contributed by atoms with van der Waals surface area (Å²) in [5, 5.41) is 5.51. The van der Waals surface area contributed by atoms with Crippen LogP contribution in [0, 0.1) is 12.3 Å². The molecule has 29 heavy (non-hydrogen) atoms. The SMILES string of the molecule is C#CCOc1ccc(Br)cc1/C=C1\SC(=Nc2cccc3ccccc23)NC1=O. The lowest BCUT2D eigenvalue weighted by molar-refractivity contribution is -0.115. The molecule has 0 radical (unpaired) electrons. The van der Waals surface area contributed by atoms with Crippen LogP contribution in [0.3, 0.4) is 0 Å². The van der Waals surface area contributed by atoms with E-state index in [1.165, 1.54) is 11.8 Å². The molecule has 1 saturated heterocycles. The Morgan fingerprint density at radius 3 is 2.86 bits per heavy atom. The third-order valence-corrected chi connectivity index (χ3v) is 5.61. The second-order valence-electron chi connectivity index (χ2n) is 6.15. The van der Waals surface area contributed by atoms with E-state index in [-0.39, 0.29) is 12.5 Å². The van der Waals surface area contributed by atoms with E-state index in [1.54, 1.807) is 6.08 Å². The van der Waals surface area contributed by atoms with Crippen LogP contribution in [-0.2, 0) is 4.79 Å². The van der Waals surface area contributed by atoms with Gasteiger partial charge in [0.15, 0.2) is 5.17 Å². The molecule has 1 amide bonds. The molecule has 0 bridgehead atoms. The van der Waals surface area contributed by atoms with Gasteiger partial charge >= 0.3 is 0 Å². The fourth-order valence-electron chi connectivity index (χ4n) is 2.92. The maximum Gasteiger partial charge on any atom is 0.264 e. The summed E-state index contributed by atoms with van der Waals surface area (Å²) in [5.41, 5.74) is 1.58. The highest BCUT2D eigenvalue weighted by molar-refractivity contribution is 9.10. The lowest BCUT2D eigenvalue weighted by atomic mass is 10.1. The number of aliphatic imine (C=N–C) groups is 1. The summed E-state index contributed by atoms with van der Waals surface area (Å²) in [7, 11) is 0. The van der Waals surface area contributed by atoms with E-state index in [9.17, 15) is 4.79 Å². The monoisotopic (exact) mass is 462 g/mol. The topological polar surface area (TPSA) is 50.7 Å². The van der Waals surface area contributed by atoms with Crippen molar-refractivity contribution < 1.29 is 9.53 Å². The molecule has 1 N–H and O–H groups in total. The van der Waals surface area contributed by atoms with Crippen molar-refractivity contribution in [1.82, 2.24) is 5.32 Å². The minimum Gasteiger partial charge on any atom is -0.480 e. The molecular weight excluding hydrogens is 448 g/mol. The smallest absolute Gasteiger partial charge is 0.264 e. The van der Waals surface area contributed by atoms with Gasteiger partial charge in [0.05, 0.1) is 10.6 Å². The van der Waals surface area contributed by atoms with Crippen molar-refractivity contribution in [2.75, 3.05) is 6.61 Å². The molecule has 0 spiro atoms. The van der Waals surface area contributed by atoms with Crippen molar-refractivity contribution in [2.45, 2.75) is 0 Å². The molecule has 6 heteroatoms. The van der Waals surface area contributed by atoms with Gasteiger partial charge in [0, 0.05) is 15.4 Å². The van der Waals surface area contributed by atoms with Crippen molar-refractivity contribution in [3.8, 4) is 18.1 Å². The van der Waals surface area contributed by atoms with Gasteiger partial charge in [0.2, 0.25) is 0 Å². The number of halogens is 1. The zero-order valence-corrected chi connectivity index (χ0v) is 17.6. The lowest BCUT2D eigenvalue weighted by Gasteiger charge is -2.07. The van der Waals surface area contributed by atoms with Crippen molar-refractivity contribution in [2.24, 2.45) is 4.99 Å². The van der Waals surface area contributed by atoms with Gasteiger partial charge in [-0.05, 0) is 47.5 Å². The summed E-state index contributed by atoms with van der Waals surface area (Å²) in [6.07, 6.45) is 7.07.